The molecule has 0 aliphatic carbocycles. The lowest BCUT2D eigenvalue weighted by Gasteiger charge is -2.37. The lowest BCUT2D eigenvalue weighted by atomic mass is 9.90. The zero-order valence-electron chi connectivity index (χ0n) is 10.4. The van der Waals surface area contributed by atoms with Gasteiger partial charge in [-0.2, -0.15) is 0 Å². The van der Waals surface area contributed by atoms with Crippen LogP contribution in [-0.4, -0.2) is 47.0 Å². The van der Waals surface area contributed by atoms with Crippen molar-refractivity contribution in [2.24, 2.45) is 11.7 Å². The van der Waals surface area contributed by atoms with Crippen LogP contribution >= 0.6 is 0 Å². The lowest BCUT2D eigenvalue weighted by molar-refractivity contribution is -0.137. The van der Waals surface area contributed by atoms with E-state index in [1.54, 1.807) is 0 Å². The molecule has 0 spiro atoms. The molecule has 0 saturated carbocycles. The molecule has 0 radical (unpaired) electrons. The molecule has 1 aliphatic rings. The zero-order chi connectivity index (χ0) is 13.7. The van der Waals surface area contributed by atoms with E-state index in [-0.39, 0.29) is 24.3 Å². The van der Waals surface area contributed by atoms with E-state index in [0.29, 0.717) is 25.9 Å². The Labute approximate surface area is 105 Å². The van der Waals surface area contributed by atoms with Gasteiger partial charge in [0.2, 0.25) is 5.91 Å². The highest BCUT2D eigenvalue weighted by Crippen LogP contribution is 2.21. The quantitative estimate of drug-likeness (QED) is 0.644. The largest absolute Gasteiger partial charge is 0.481 e. The van der Waals surface area contributed by atoms with Crippen molar-refractivity contribution < 1.29 is 19.5 Å². The van der Waals surface area contributed by atoms with Crippen molar-refractivity contribution in [2.45, 2.75) is 32.2 Å². The Morgan fingerprint density at radius 2 is 2.06 bits per heavy atom. The molecule has 0 bridgehead atoms. The van der Waals surface area contributed by atoms with E-state index in [1.807, 2.05) is 0 Å². The Balaban J connectivity index is 2.58. The van der Waals surface area contributed by atoms with Crippen molar-refractivity contribution in [2.75, 3.05) is 13.1 Å². The van der Waals surface area contributed by atoms with Gasteiger partial charge in [0.1, 0.15) is 0 Å². The number of carboxylic acid groups (broad SMARTS) is 1. The van der Waals surface area contributed by atoms with Crippen molar-refractivity contribution >= 4 is 17.9 Å². The summed E-state index contributed by atoms with van der Waals surface area (Å²) in [6.45, 7) is 2.26. The van der Waals surface area contributed by atoms with Gasteiger partial charge in [-0.1, -0.05) is 0 Å². The van der Waals surface area contributed by atoms with Crippen LogP contribution in [0.4, 0.5) is 4.79 Å². The first-order chi connectivity index (χ1) is 8.38. The molecule has 2 unspecified atom stereocenters. The average Bonchev–Trinajstić information content (AvgIpc) is 2.25. The van der Waals surface area contributed by atoms with E-state index in [9.17, 15) is 14.4 Å². The Morgan fingerprint density at radius 1 is 1.39 bits per heavy atom. The molecular formula is C11H19N3O4. The summed E-state index contributed by atoms with van der Waals surface area (Å²) < 4.78 is 0. The molecule has 3 amide bonds. The molecule has 1 rings (SSSR count). The second-order valence-corrected chi connectivity index (χ2v) is 4.67. The zero-order valence-corrected chi connectivity index (χ0v) is 10.4. The molecule has 1 fully saturated rings. The maximum absolute atomic E-state index is 11.2. The van der Waals surface area contributed by atoms with Crippen LogP contribution in [-0.2, 0) is 9.59 Å². The highest BCUT2D eigenvalue weighted by atomic mass is 16.4. The van der Waals surface area contributed by atoms with Crippen LogP contribution in [0.3, 0.4) is 0 Å². The van der Waals surface area contributed by atoms with Crippen molar-refractivity contribution in [3.8, 4) is 0 Å². The van der Waals surface area contributed by atoms with Crippen molar-refractivity contribution in [3.63, 3.8) is 0 Å². The number of piperidine rings is 1. The van der Waals surface area contributed by atoms with Crippen molar-refractivity contribution in [1.82, 2.24) is 10.2 Å². The maximum Gasteiger partial charge on any atom is 0.314 e. The summed E-state index contributed by atoms with van der Waals surface area (Å²) in [4.78, 5) is 34.2. The fourth-order valence-corrected chi connectivity index (χ4v) is 2.31. The summed E-state index contributed by atoms with van der Waals surface area (Å²) in [6, 6.07) is -0.687. The number of likely N-dealkylation sites (tertiary alicyclic amines) is 1. The smallest absolute Gasteiger partial charge is 0.314 e. The van der Waals surface area contributed by atoms with Gasteiger partial charge < -0.3 is 21.1 Å². The number of nitrogens with two attached hydrogens (primary N) is 1. The number of aliphatic carboxylic acids is 1. The van der Waals surface area contributed by atoms with Crippen LogP contribution in [0, 0.1) is 5.92 Å². The minimum atomic E-state index is -0.859. The third-order valence-corrected chi connectivity index (χ3v) is 3.02. The maximum atomic E-state index is 11.2. The number of nitrogens with zero attached hydrogens (tertiary/aromatic N) is 1. The van der Waals surface area contributed by atoms with Crippen LogP contribution in [0.2, 0.25) is 0 Å². The van der Waals surface area contributed by atoms with Gasteiger partial charge >= 0.3 is 12.0 Å². The van der Waals surface area contributed by atoms with Crippen LogP contribution in [0.25, 0.3) is 0 Å². The average molecular weight is 257 g/mol. The van der Waals surface area contributed by atoms with E-state index in [2.05, 4.69) is 5.32 Å². The van der Waals surface area contributed by atoms with Crippen molar-refractivity contribution in [1.29, 1.82) is 0 Å². The second kappa shape index (κ2) is 6.23. The molecule has 1 saturated heterocycles. The molecule has 102 valence electrons. The monoisotopic (exact) mass is 257 g/mol. The number of rotatable bonds is 4. The molecule has 7 heteroatoms. The topological polar surface area (TPSA) is 113 Å². The van der Waals surface area contributed by atoms with Gasteiger partial charge in [-0.3, -0.25) is 9.59 Å². The van der Waals surface area contributed by atoms with Crippen LogP contribution in [0.5, 0.6) is 0 Å². The fraction of sp³-hybridized carbons (Fsp3) is 0.727. The Kier molecular flexibility index (Phi) is 4.94. The van der Waals surface area contributed by atoms with Crippen LogP contribution in [0.1, 0.15) is 26.2 Å². The predicted molar refractivity (Wildman–Crippen MR) is 63.7 cm³/mol. The first kappa shape index (κ1) is 14.3. The number of urea groups is 1. The highest BCUT2D eigenvalue weighted by Gasteiger charge is 2.29. The lowest BCUT2D eigenvalue weighted by Crippen LogP contribution is -2.53. The molecule has 0 aromatic rings. The first-order valence-electron chi connectivity index (χ1n) is 5.91. The van der Waals surface area contributed by atoms with E-state index in [1.165, 1.54) is 11.8 Å². The second-order valence-electron chi connectivity index (χ2n) is 4.67. The summed E-state index contributed by atoms with van der Waals surface area (Å²) in [7, 11) is 0. The number of carbonyl (C=O) groups is 3. The highest BCUT2D eigenvalue weighted by molar-refractivity contribution is 5.74. The third kappa shape index (κ3) is 4.60. The third-order valence-electron chi connectivity index (χ3n) is 3.02. The molecule has 2 atom stereocenters. The summed E-state index contributed by atoms with van der Waals surface area (Å²) in [5.74, 6) is -0.968. The molecular weight excluding hydrogens is 238 g/mol. The van der Waals surface area contributed by atoms with E-state index >= 15 is 0 Å². The Bertz CT molecular complexity index is 345. The molecule has 18 heavy (non-hydrogen) atoms. The van der Waals surface area contributed by atoms with Gasteiger partial charge in [-0.15, -0.1) is 0 Å². The standard InChI is InChI=1S/C11H19N3O4/c1-7(15)13-9-4-8(2-3-10(16)17)5-14(6-9)11(12)18/h8-9H,2-6H2,1H3,(H2,12,18)(H,13,15)(H,16,17). The summed E-state index contributed by atoms with van der Waals surface area (Å²) >= 11 is 0. The number of amides is 3. The SMILES string of the molecule is CC(=O)NC1CC(CCC(=O)O)CN(C(N)=O)C1. The van der Waals surface area contributed by atoms with Gasteiger partial charge in [-0.25, -0.2) is 4.79 Å². The van der Waals surface area contributed by atoms with Crippen LogP contribution in [0.15, 0.2) is 0 Å². The summed E-state index contributed by atoms with van der Waals surface area (Å²) in [5, 5.41) is 11.4. The van der Waals surface area contributed by atoms with E-state index in [4.69, 9.17) is 10.8 Å². The number of carbonyl (C=O) groups excluding carboxylic acids is 2. The Hall–Kier alpha value is -1.79. The number of primary amides is 1. The normalized spacial score (nSPS) is 23.5. The Morgan fingerprint density at radius 3 is 2.56 bits per heavy atom. The summed E-state index contributed by atoms with van der Waals surface area (Å²) in [5.41, 5.74) is 5.24. The van der Waals surface area contributed by atoms with E-state index < -0.39 is 12.0 Å². The summed E-state index contributed by atoms with van der Waals surface area (Å²) in [6.07, 6.45) is 1.22. The van der Waals surface area contributed by atoms with Gasteiger partial charge in [0.25, 0.3) is 0 Å². The molecule has 0 aromatic heterocycles. The molecule has 0 aromatic carbocycles. The minimum absolute atomic E-state index is 0.0548. The fourth-order valence-electron chi connectivity index (χ4n) is 2.31. The molecule has 4 N–H and O–H groups in total. The molecule has 7 nitrogen and oxygen atoms in total. The van der Waals surface area contributed by atoms with Gasteiger partial charge in [0.15, 0.2) is 0 Å². The van der Waals surface area contributed by atoms with E-state index in [0.717, 1.165) is 0 Å². The van der Waals surface area contributed by atoms with Crippen LogP contribution < -0.4 is 11.1 Å². The number of hydrogen-bond donors (Lipinski definition) is 3. The van der Waals surface area contributed by atoms with Gasteiger partial charge in [-0.05, 0) is 18.8 Å². The molecule has 1 heterocycles. The predicted octanol–water partition coefficient (Wildman–Crippen LogP) is -0.243. The van der Waals surface area contributed by atoms with Gasteiger partial charge in [0.05, 0.1) is 0 Å². The molecule has 1 aliphatic heterocycles. The first-order valence-corrected chi connectivity index (χ1v) is 5.91. The van der Waals surface area contributed by atoms with Crippen molar-refractivity contribution in [3.05, 3.63) is 0 Å². The van der Waals surface area contributed by atoms with Gasteiger partial charge in [0, 0.05) is 32.5 Å². The number of hydrogen-bond acceptors (Lipinski definition) is 3. The number of nitrogens with one attached hydrogen (secondary N) is 1. The minimum Gasteiger partial charge on any atom is -0.481 e. The number of carboxylic acids is 1.